The molecule has 17 rings (SSSR count). The molecule has 1 aromatic carbocycles. The Morgan fingerprint density at radius 3 is 1.47 bits per heavy atom. The quantitative estimate of drug-likeness (QED) is 0.0351. The average Bonchev–Trinajstić information content (AvgIpc) is 1.63. The highest BCUT2D eigenvalue weighted by molar-refractivity contribution is 6.31. The number of fused-ring (bicyclic) bond motifs is 5. The number of carbonyl (C=O) groups is 4. The van der Waals surface area contributed by atoms with Gasteiger partial charge in [-0.15, -0.1) is 24.8 Å². The zero-order valence-corrected chi connectivity index (χ0v) is 78.2. The molecule has 1 aliphatic heterocycles. The van der Waals surface area contributed by atoms with Crippen molar-refractivity contribution >= 4 is 180 Å². The van der Waals surface area contributed by atoms with E-state index < -0.39 is 0 Å². The van der Waals surface area contributed by atoms with Crippen molar-refractivity contribution in [3.63, 3.8) is 0 Å². The number of methoxy groups -OCH3 is 1. The Kier molecular flexibility index (Phi) is 32.8. The smallest absolute Gasteiger partial charge is 0.231 e. The highest BCUT2D eigenvalue weighted by Gasteiger charge is 2.36. The number of rotatable bonds is 24. The Labute approximate surface area is 758 Å². The van der Waals surface area contributed by atoms with E-state index in [1.807, 2.05) is 118 Å². The maximum Gasteiger partial charge on any atom is 0.231 e. The fraction of sp³-hybridized carbons (Fsp3) is 0.538. The van der Waals surface area contributed by atoms with E-state index >= 15 is 0 Å². The van der Waals surface area contributed by atoms with E-state index in [0.29, 0.717) is 131 Å². The molecule has 0 bridgehead atoms. The summed E-state index contributed by atoms with van der Waals surface area (Å²) in [5, 5.41) is 17.1. The Bertz CT molecular complexity index is 5590. The maximum absolute atomic E-state index is 12.5. The van der Waals surface area contributed by atoms with E-state index in [-0.39, 0.29) is 71.2 Å². The molecule has 11 heterocycles. The molecule has 11 aromatic rings. The van der Waals surface area contributed by atoms with E-state index in [1.54, 1.807) is 19.2 Å². The van der Waals surface area contributed by atoms with E-state index in [1.165, 1.54) is 51.4 Å². The van der Waals surface area contributed by atoms with Gasteiger partial charge in [0.25, 0.3) is 0 Å². The monoisotopic (exact) mass is 1810 g/mol. The van der Waals surface area contributed by atoms with Gasteiger partial charge in [-0.1, -0.05) is 129 Å². The molecular weight excluding hydrogens is 1700 g/mol. The number of amides is 4. The number of nitrogens with one attached hydrogen (secondary N) is 5. The molecule has 4 amide bonds. The summed E-state index contributed by atoms with van der Waals surface area (Å²) >= 11 is 24.4. The van der Waals surface area contributed by atoms with Gasteiger partial charge in [0.2, 0.25) is 53.4 Å². The molecule has 6 aliphatic rings. The van der Waals surface area contributed by atoms with E-state index in [9.17, 15) is 19.2 Å². The number of imidazole rings is 5. The zero-order chi connectivity index (χ0) is 86.9. The summed E-state index contributed by atoms with van der Waals surface area (Å²) in [6.45, 7) is 30.3. The molecule has 0 radical (unpaired) electrons. The molecular formula is C91H120Cl6N20O7. The van der Waals surface area contributed by atoms with Crippen LogP contribution < -0.4 is 26.6 Å². The number of hydrogen-bond donors (Lipinski definition) is 5. The van der Waals surface area contributed by atoms with Crippen molar-refractivity contribution in [2.45, 2.75) is 285 Å². The van der Waals surface area contributed by atoms with Gasteiger partial charge in [-0.3, -0.25) is 63.3 Å². The van der Waals surface area contributed by atoms with E-state index in [0.717, 1.165) is 161 Å². The predicted octanol–water partition coefficient (Wildman–Crippen LogP) is 22.3. The van der Waals surface area contributed by atoms with Crippen LogP contribution in [0.15, 0.2) is 85.1 Å². The first-order valence-corrected chi connectivity index (χ1v) is 44.7. The molecule has 5 saturated carbocycles. The number of pyridine rings is 5. The van der Waals surface area contributed by atoms with Gasteiger partial charge in [-0.2, -0.15) is 0 Å². The SMILES string of the molecule is C=C(CCOC(C)(C)C)Nc1nc2c(C)cc(Cl)nc2n1C1CCC1.COCCn1c(NC(=O)CCC2CCCC2)nc2ccc(Cl)nc21.Cc1cc(Cl)nc2c1nc(NC(=O)CC(C)(C)C)n2C1CCC1.Cc1ccc2nc(NC(=O)C[C@@H]3CCC(C)(C)O3)n(C3CCC3)c2n1.Cc1cccc(CC(=O)Nc2nc3ccc(Cl)nc3n2C2CCC2)c1.Cl.Cl. The Balaban J connectivity index is 0.000000150. The number of hydrogen-bond acceptors (Lipinski definition) is 18. The van der Waals surface area contributed by atoms with Gasteiger partial charge in [0, 0.05) is 61.9 Å². The number of aryl methyl sites for hydroxylation is 4. The Hall–Kier alpha value is -8.64. The van der Waals surface area contributed by atoms with E-state index in [2.05, 4.69) is 126 Å². The van der Waals surface area contributed by atoms with Gasteiger partial charge in [0.05, 0.1) is 49.9 Å². The number of anilines is 5. The fourth-order valence-electron chi connectivity index (χ4n) is 16.1. The lowest BCUT2D eigenvalue weighted by Gasteiger charge is -2.29. The number of nitrogens with zero attached hydrogens (tertiary/aromatic N) is 15. The summed E-state index contributed by atoms with van der Waals surface area (Å²) in [6, 6.07) is 24.1. The summed E-state index contributed by atoms with van der Waals surface area (Å²) < 4.78 is 27.1. The molecule has 33 heteroatoms. The van der Waals surface area contributed by atoms with Crippen LogP contribution in [-0.4, -0.2) is 134 Å². The highest BCUT2D eigenvalue weighted by Crippen LogP contribution is 2.43. The molecule has 10 aromatic heterocycles. The summed E-state index contributed by atoms with van der Waals surface area (Å²) in [5.74, 6) is 3.67. The highest BCUT2D eigenvalue weighted by atomic mass is 35.5. The van der Waals surface area contributed by atoms with Crippen molar-refractivity contribution in [1.82, 2.24) is 72.7 Å². The van der Waals surface area contributed by atoms with Gasteiger partial charge < -0.3 is 19.5 Å². The molecule has 668 valence electrons. The summed E-state index contributed by atoms with van der Waals surface area (Å²) in [4.78, 5) is 95.1. The van der Waals surface area contributed by atoms with Gasteiger partial charge >= 0.3 is 0 Å². The van der Waals surface area contributed by atoms with Crippen molar-refractivity contribution < 1.29 is 33.4 Å². The largest absolute Gasteiger partial charge is 0.383 e. The predicted molar refractivity (Wildman–Crippen MR) is 500 cm³/mol. The second-order valence-electron chi connectivity index (χ2n) is 36.2. The first-order chi connectivity index (χ1) is 58.2. The summed E-state index contributed by atoms with van der Waals surface area (Å²) in [7, 11) is 1.64. The van der Waals surface area contributed by atoms with Crippen LogP contribution in [0.3, 0.4) is 0 Å². The standard InChI is InChI=1S/C19H19ClN4O.C19H27ClN4O.C19H26N4O2.C17H23ClN4O2.C17H23ClN4O.2ClH/c1-12-4-2-5-13(10-12)11-17(25)23-19-21-15-8-9-16(20)22-18(15)24(19)14-6-3-7-14;1-12-11-15(20)22-17-16(12)23-18(24(17)14-7-6-8-14)21-13(2)9-10-25-19(3,4)5;1-12-7-8-15-17(20-12)23(13-5-4-6-13)18(21-15)22-16(24)11-14-9-10-19(2,3)25-14;1-24-11-10-22-16-13(7-8-14(18)20-16)19-17(22)21-15(23)9-6-12-4-2-3-5-12;1-10-8-12(18)19-15-14(10)21-16(22(15)11-6-5-7-11)20-13(23)9-17(2,3)4;;/h2,4-5,8-10,14H,3,6-7,11H2,1H3,(H,21,23,25);11,14H,2,6-10H2,1,3-5H3,(H,21,23);7-8,13-14H,4-6,9-11H2,1-3H3,(H,21,22,24);7-8,12H,2-6,9-11H2,1H3,(H,19,21,23);8,11H,5-7,9H2,1-4H3,(H,20,21,23);2*1H/t;;14-;;;;/m..0..../s1. The van der Waals surface area contributed by atoms with Crippen LogP contribution in [0.4, 0.5) is 29.7 Å². The molecule has 0 unspecified atom stereocenters. The van der Waals surface area contributed by atoms with Crippen LogP contribution in [0.1, 0.15) is 255 Å². The Morgan fingerprint density at radius 2 is 0.968 bits per heavy atom. The second kappa shape index (κ2) is 42.3. The normalized spacial score (nSPS) is 16.5. The lowest BCUT2D eigenvalue weighted by Crippen LogP contribution is -2.26. The third kappa shape index (κ3) is 25.0. The maximum atomic E-state index is 12.5. The van der Waals surface area contributed by atoms with Crippen LogP contribution in [0.25, 0.3) is 55.8 Å². The number of benzene rings is 1. The third-order valence-corrected chi connectivity index (χ3v) is 24.0. The van der Waals surface area contributed by atoms with Crippen LogP contribution in [0.5, 0.6) is 0 Å². The van der Waals surface area contributed by atoms with Gasteiger partial charge in [0.1, 0.15) is 48.2 Å². The van der Waals surface area contributed by atoms with Crippen molar-refractivity contribution in [1.29, 1.82) is 0 Å². The van der Waals surface area contributed by atoms with Crippen molar-refractivity contribution in [2.75, 3.05) is 46.9 Å². The van der Waals surface area contributed by atoms with Gasteiger partial charge in [0.15, 0.2) is 28.2 Å². The second-order valence-corrected chi connectivity index (χ2v) is 37.8. The van der Waals surface area contributed by atoms with Crippen LogP contribution >= 0.6 is 71.2 Å². The number of aromatic nitrogens is 15. The fourth-order valence-corrected chi connectivity index (χ4v) is 16.9. The summed E-state index contributed by atoms with van der Waals surface area (Å²) in [6.07, 6.45) is 24.1. The minimum atomic E-state index is -0.142. The number of ether oxygens (including phenoxy) is 3. The first kappa shape index (κ1) is 96.0. The molecule has 1 atom stereocenters. The minimum Gasteiger partial charge on any atom is -0.383 e. The number of carbonyl (C=O) groups excluding carboxylic acids is 4. The van der Waals surface area contributed by atoms with Gasteiger partial charge in [-0.25, -0.2) is 49.8 Å². The lowest BCUT2D eigenvalue weighted by molar-refractivity contribution is -0.120. The van der Waals surface area contributed by atoms with Crippen LogP contribution in [-0.2, 0) is 46.4 Å². The first-order valence-electron chi connectivity index (χ1n) is 43.2. The molecule has 1 saturated heterocycles. The minimum absolute atomic E-state index is 0. The van der Waals surface area contributed by atoms with Crippen LogP contribution in [0.2, 0.25) is 20.6 Å². The molecule has 6 fully saturated rings. The van der Waals surface area contributed by atoms with E-state index in [4.69, 9.17) is 65.6 Å². The molecule has 5 N–H and O–H groups in total. The topological polar surface area (TPSA) is 310 Å². The molecule has 27 nitrogen and oxygen atoms in total. The Morgan fingerprint density at radius 1 is 0.500 bits per heavy atom. The zero-order valence-electron chi connectivity index (χ0n) is 73.6. The third-order valence-electron chi connectivity index (χ3n) is 23.2. The van der Waals surface area contributed by atoms with Crippen molar-refractivity contribution in [2.24, 2.45) is 11.3 Å². The van der Waals surface area contributed by atoms with Crippen molar-refractivity contribution in [3.05, 3.63) is 134 Å². The molecule has 0 spiro atoms. The van der Waals surface area contributed by atoms with Crippen molar-refractivity contribution in [3.8, 4) is 0 Å². The summed E-state index contributed by atoms with van der Waals surface area (Å²) in [5.41, 5.74) is 13.6. The lowest BCUT2D eigenvalue weighted by atomic mass is 9.92. The van der Waals surface area contributed by atoms with Gasteiger partial charge in [-0.05, 0) is 235 Å². The molecule has 5 aliphatic carbocycles. The average molecular weight is 1820 g/mol. The molecule has 124 heavy (non-hydrogen) atoms. The van der Waals surface area contributed by atoms with Crippen LogP contribution in [0, 0.1) is 39.0 Å². The number of halogens is 6.